The van der Waals surface area contributed by atoms with Crippen molar-refractivity contribution in [2.75, 3.05) is 0 Å². The lowest BCUT2D eigenvalue weighted by molar-refractivity contribution is 0.0694. The first-order valence-corrected chi connectivity index (χ1v) is 7.63. The van der Waals surface area contributed by atoms with E-state index >= 15 is 0 Å². The highest BCUT2D eigenvalue weighted by atomic mass is 32.1. The summed E-state index contributed by atoms with van der Waals surface area (Å²) in [6.07, 6.45) is 4.17. The highest BCUT2D eigenvalue weighted by Gasteiger charge is 2.08. The minimum atomic E-state index is -1.33. The second-order valence-electron chi connectivity index (χ2n) is 4.73. The van der Waals surface area contributed by atoms with Gasteiger partial charge in [0.2, 0.25) is 0 Å². The summed E-state index contributed by atoms with van der Waals surface area (Å²) in [7, 11) is 0. The zero-order chi connectivity index (χ0) is 17.1. The number of rotatable bonds is 4. The minimum absolute atomic E-state index is 0.223. The predicted octanol–water partition coefficient (Wildman–Crippen LogP) is 2.90. The Morgan fingerprint density at radius 2 is 2.00 bits per heavy atom. The molecule has 24 heavy (non-hydrogen) atoms. The van der Waals surface area contributed by atoms with Crippen LogP contribution in [0.3, 0.4) is 0 Å². The number of H-pyrrole nitrogens is 1. The first-order chi connectivity index (χ1) is 11.5. The van der Waals surface area contributed by atoms with E-state index in [-0.39, 0.29) is 11.6 Å². The Kier molecular flexibility index (Phi) is 4.30. The van der Waals surface area contributed by atoms with Gasteiger partial charge in [-0.05, 0) is 36.4 Å². The summed E-state index contributed by atoms with van der Waals surface area (Å²) in [5, 5.41) is 11.3. The number of aromatic amines is 1. The van der Waals surface area contributed by atoms with Crippen LogP contribution in [0.5, 0.6) is 0 Å². The van der Waals surface area contributed by atoms with Crippen molar-refractivity contribution in [2.45, 2.75) is 0 Å². The van der Waals surface area contributed by atoms with Gasteiger partial charge in [-0.25, -0.2) is 19.2 Å². The summed E-state index contributed by atoms with van der Waals surface area (Å²) in [5.74, 6) is -1.42. The highest BCUT2D eigenvalue weighted by Crippen LogP contribution is 2.24. The maximum atomic E-state index is 12.9. The number of nitrogens with zero attached hydrogens (tertiary/aromatic N) is 2. The van der Waals surface area contributed by atoms with E-state index in [4.69, 9.17) is 5.11 Å². The Balaban J connectivity index is 1.80. The van der Waals surface area contributed by atoms with Crippen LogP contribution in [0.1, 0.15) is 21.9 Å². The van der Waals surface area contributed by atoms with E-state index in [0.29, 0.717) is 5.69 Å². The number of hydrogen-bond donors (Lipinski definition) is 2. The number of aromatic carboxylic acids is 1. The molecule has 0 spiro atoms. The molecule has 0 saturated heterocycles. The van der Waals surface area contributed by atoms with E-state index in [1.165, 1.54) is 29.5 Å². The predicted molar refractivity (Wildman–Crippen MR) is 88.3 cm³/mol. The molecule has 2 N–H and O–H groups in total. The van der Waals surface area contributed by atoms with Crippen LogP contribution in [0.4, 0.5) is 4.39 Å². The summed E-state index contributed by atoms with van der Waals surface area (Å²) in [4.78, 5) is 32.9. The third-order valence-electron chi connectivity index (χ3n) is 3.07. The monoisotopic (exact) mass is 343 g/mol. The molecule has 8 heteroatoms. The summed E-state index contributed by atoms with van der Waals surface area (Å²) in [6, 6.07) is 6.02. The van der Waals surface area contributed by atoms with Crippen molar-refractivity contribution in [2.24, 2.45) is 0 Å². The molecule has 2 heterocycles. The second-order valence-corrected chi connectivity index (χ2v) is 5.59. The molecule has 0 atom stereocenters. The smallest absolute Gasteiger partial charge is 0.342 e. The first kappa shape index (κ1) is 15.8. The highest BCUT2D eigenvalue weighted by molar-refractivity contribution is 7.13. The van der Waals surface area contributed by atoms with Crippen molar-refractivity contribution in [3.05, 3.63) is 69.1 Å². The molecule has 0 saturated carbocycles. The molecule has 2 aromatic heterocycles. The van der Waals surface area contributed by atoms with Gasteiger partial charge in [0.05, 0.1) is 5.69 Å². The molecule has 6 nitrogen and oxygen atoms in total. The van der Waals surface area contributed by atoms with Gasteiger partial charge in [0.15, 0.2) is 0 Å². The van der Waals surface area contributed by atoms with Crippen molar-refractivity contribution in [1.29, 1.82) is 0 Å². The van der Waals surface area contributed by atoms with Gasteiger partial charge >= 0.3 is 5.97 Å². The van der Waals surface area contributed by atoms with Crippen LogP contribution in [0.2, 0.25) is 0 Å². The Hall–Kier alpha value is -3.13. The zero-order valence-corrected chi connectivity index (χ0v) is 12.9. The molecule has 0 aliphatic carbocycles. The van der Waals surface area contributed by atoms with Gasteiger partial charge in [-0.15, -0.1) is 11.3 Å². The standard InChI is InChI=1S/C16H10FN3O3S/c17-10-3-1-9(2-4-10)15-19-11(8-24-15)5-6-13-18-7-12(16(22)23)14(21)20-13/h1-8H,(H,22,23)(H,18,20,21). The van der Waals surface area contributed by atoms with E-state index in [2.05, 4.69) is 15.0 Å². The molecule has 0 aliphatic heterocycles. The minimum Gasteiger partial charge on any atom is -0.477 e. The summed E-state index contributed by atoms with van der Waals surface area (Å²) >= 11 is 1.40. The number of halogens is 1. The van der Waals surface area contributed by atoms with Gasteiger partial charge in [-0.1, -0.05) is 0 Å². The lowest BCUT2D eigenvalue weighted by Gasteiger charge is -1.95. The van der Waals surface area contributed by atoms with Gasteiger partial charge in [0, 0.05) is 17.1 Å². The van der Waals surface area contributed by atoms with Gasteiger partial charge in [0.1, 0.15) is 22.2 Å². The number of hydrogen-bond acceptors (Lipinski definition) is 5. The topological polar surface area (TPSA) is 95.9 Å². The van der Waals surface area contributed by atoms with Crippen LogP contribution in [-0.2, 0) is 0 Å². The molecule has 0 fully saturated rings. The van der Waals surface area contributed by atoms with E-state index in [0.717, 1.165) is 16.8 Å². The van der Waals surface area contributed by atoms with Gasteiger partial charge in [-0.3, -0.25) is 4.79 Å². The fraction of sp³-hybridized carbons (Fsp3) is 0. The number of thiazole rings is 1. The van der Waals surface area contributed by atoms with Gasteiger partial charge in [0.25, 0.3) is 5.56 Å². The summed E-state index contributed by atoms with van der Waals surface area (Å²) < 4.78 is 12.9. The quantitative estimate of drug-likeness (QED) is 0.759. The van der Waals surface area contributed by atoms with Crippen molar-refractivity contribution < 1.29 is 14.3 Å². The molecule has 0 aliphatic rings. The van der Waals surface area contributed by atoms with Gasteiger partial charge < -0.3 is 10.1 Å². The fourth-order valence-electron chi connectivity index (χ4n) is 1.90. The molecule has 3 aromatic rings. The van der Waals surface area contributed by atoms with Crippen molar-refractivity contribution in [1.82, 2.24) is 15.0 Å². The lowest BCUT2D eigenvalue weighted by Crippen LogP contribution is -2.18. The molecule has 0 unspecified atom stereocenters. The van der Waals surface area contributed by atoms with E-state index in [1.807, 2.05) is 0 Å². The lowest BCUT2D eigenvalue weighted by atomic mass is 10.2. The number of carbonyl (C=O) groups is 1. The second kappa shape index (κ2) is 6.55. The number of carboxylic acid groups (broad SMARTS) is 1. The van der Waals surface area contributed by atoms with Crippen LogP contribution in [0.15, 0.2) is 40.6 Å². The van der Waals surface area contributed by atoms with Crippen LogP contribution in [-0.4, -0.2) is 26.0 Å². The number of aromatic nitrogens is 3. The number of nitrogens with one attached hydrogen (secondary N) is 1. The van der Waals surface area contributed by atoms with Crippen molar-refractivity contribution >= 4 is 29.5 Å². The van der Waals surface area contributed by atoms with E-state index < -0.39 is 17.1 Å². The zero-order valence-electron chi connectivity index (χ0n) is 12.1. The van der Waals surface area contributed by atoms with Crippen molar-refractivity contribution in [3.8, 4) is 10.6 Å². The Bertz CT molecular complexity index is 977. The van der Waals surface area contributed by atoms with Gasteiger partial charge in [-0.2, -0.15) is 0 Å². The van der Waals surface area contributed by atoms with Crippen LogP contribution < -0.4 is 5.56 Å². The largest absolute Gasteiger partial charge is 0.477 e. The fourth-order valence-corrected chi connectivity index (χ4v) is 2.69. The SMILES string of the molecule is O=C(O)c1cnc(C=Cc2csc(-c3ccc(F)cc3)n2)[nH]c1=O. The van der Waals surface area contributed by atoms with Crippen LogP contribution >= 0.6 is 11.3 Å². The molecule has 0 bridgehead atoms. The molecular formula is C16H10FN3O3S. The van der Waals surface area contributed by atoms with E-state index in [1.54, 1.807) is 23.6 Å². The molecule has 0 radical (unpaired) electrons. The first-order valence-electron chi connectivity index (χ1n) is 6.75. The molecule has 0 amide bonds. The summed E-state index contributed by atoms with van der Waals surface area (Å²) in [6.45, 7) is 0. The van der Waals surface area contributed by atoms with Crippen LogP contribution in [0, 0.1) is 5.82 Å². The third kappa shape index (κ3) is 3.44. The Morgan fingerprint density at radius 3 is 2.67 bits per heavy atom. The normalized spacial score (nSPS) is 11.0. The maximum Gasteiger partial charge on any atom is 0.342 e. The third-order valence-corrected chi connectivity index (χ3v) is 3.98. The Labute approximate surface area is 139 Å². The molecule has 3 rings (SSSR count). The van der Waals surface area contributed by atoms with Crippen LogP contribution in [0.25, 0.3) is 22.7 Å². The average molecular weight is 343 g/mol. The maximum absolute atomic E-state index is 12.9. The molecule has 1 aromatic carbocycles. The number of benzene rings is 1. The molecular weight excluding hydrogens is 333 g/mol. The summed E-state index contributed by atoms with van der Waals surface area (Å²) in [5.41, 5.74) is 0.310. The van der Waals surface area contributed by atoms with E-state index in [9.17, 15) is 14.0 Å². The average Bonchev–Trinajstić information content (AvgIpc) is 3.02. The Morgan fingerprint density at radius 1 is 1.25 bits per heavy atom. The van der Waals surface area contributed by atoms with Crippen molar-refractivity contribution in [3.63, 3.8) is 0 Å². The molecule has 120 valence electrons. The number of carboxylic acids is 1.